The molecule has 1 aliphatic rings. The molecule has 0 saturated carbocycles. The predicted molar refractivity (Wildman–Crippen MR) is 56.4 cm³/mol. The normalized spacial score (nSPS) is 22.2. The van der Waals surface area contributed by atoms with Gasteiger partial charge >= 0.3 is 0 Å². The molecule has 0 aromatic heterocycles. The number of Topliss-reactive ketones (excluding diaryl/α,β-unsaturated/α-hetero) is 1. The van der Waals surface area contributed by atoms with Crippen LogP contribution in [-0.4, -0.2) is 42.5 Å². The van der Waals surface area contributed by atoms with Crippen molar-refractivity contribution in [2.75, 3.05) is 19.7 Å². The molecule has 0 aromatic carbocycles. The molecule has 1 heterocycles. The van der Waals surface area contributed by atoms with E-state index < -0.39 is 0 Å². The fourth-order valence-electron chi connectivity index (χ4n) is 1.92. The Bertz CT molecular complexity index is 186. The number of hydrogen-bond acceptors (Lipinski definition) is 3. The fraction of sp³-hybridized carbons (Fsp3) is 0.909. The van der Waals surface area contributed by atoms with Gasteiger partial charge < -0.3 is 4.74 Å². The highest BCUT2D eigenvalue weighted by Gasteiger charge is 2.24. The molecule has 0 N–H and O–H groups in total. The van der Waals surface area contributed by atoms with Crippen molar-refractivity contribution in [1.82, 2.24) is 4.90 Å². The van der Waals surface area contributed by atoms with Gasteiger partial charge in [0.15, 0.2) is 0 Å². The van der Waals surface area contributed by atoms with Gasteiger partial charge in [-0.15, -0.1) is 0 Å². The molecule has 0 aliphatic carbocycles. The molecule has 0 spiro atoms. The van der Waals surface area contributed by atoms with Gasteiger partial charge in [-0.3, -0.25) is 9.69 Å². The van der Waals surface area contributed by atoms with Crippen molar-refractivity contribution in [3.8, 4) is 0 Å². The van der Waals surface area contributed by atoms with Crippen LogP contribution in [0.4, 0.5) is 0 Å². The maximum absolute atomic E-state index is 11.2. The van der Waals surface area contributed by atoms with E-state index in [4.69, 9.17) is 4.74 Å². The van der Waals surface area contributed by atoms with Crippen LogP contribution in [-0.2, 0) is 9.53 Å². The van der Waals surface area contributed by atoms with Crippen molar-refractivity contribution in [2.24, 2.45) is 0 Å². The molecule has 1 fully saturated rings. The average molecular weight is 199 g/mol. The van der Waals surface area contributed by atoms with Crippen LogP contribution in [0.3, 0.4) is 0 Å². The third kappa shape index (κ3) is 3.07. The van der Waals surface area contributed by atoms with E-state index in [2.05, 4.69) is 4.90 Å². The number of carbonyl (C=O) groups is 1. The van der Waals surface area contributed by atoms with E-state index in [0.717, 1.165) is 32.5 Å². The summed E-state index contributed by atoms with van der Waals surface area (Å²) in [4.78, 5) is 13.4. The van der Waals surface area contributed by atoms with E-state index in [1.54, 1.807) is 6.92 Å². The van der Waals surface area contributed by atoms with Crippen molar-refractivity contribution in [3.63, 3.8) is 0 Å². The van der Waals surface area contributed by atoms with Gasteiger partial charge in [0.25, 0.3) is 0 Å². The number of ether oxygens (including phenoxy) is 1. The number of hydrogen-bond donors (Lipinski definition) is 0. The first-order chi connectivity index (χ1) is 6.65. The van der Waals surface area contributed by atoms with Crippen LogP contribution in [0.25, 0.3) is 0 Å². The Hall–Kier alpha value is -0.410. The van der Waals surface area contributed by atoms with Gasteiger partial charge in [0, 0.05) is 19.7 Å². The first kappa shape index (κ1) is 11.7. The lowest BCUT2D eigenvalue weighted by molar-refractivity contribution is -0.122. The van der Waals surface area contributed by atoms with E-state index in [9.17, 15) is 4.79 Å². The van der Waals surface area contributed by atoms with Crippen LogP contribution in [0, 0.1) is 0 Å². The van der Waals surface area contributed by atoms with Crippen LogP contribution in [0.2, 0.25) is 0 Å². The highest BCUT2D eigenvalue weighted by molar-refractivity contribution is 5.80. The summed E-state index contributed by atoms with van der Waals surface area (Å²) in [5.41, 5.74) is 0. The second kappa shape index (κ2) is 5.47. The van der Waals surface area contributed by atoms with Gasteiger partial charge in [-0.1, -0.05) is 0 Å². The Balaban J connectivity index is 2.31. The number of ketones is 1. The first-order valence-electron chi connectivity index (χ1n) is 5.51. The molecule has 82 valence electrons. The van der Waals surface area contributed by atoms with Crippen molar-refractivity contribution in [2.45, 2.75) is 45.8 Å². The fourth-order valence-corrected chi connectivity index (χ4v) is 1.92. The molecule has 0 amide bonds. The van der Waals surface area contributed by atoms with Gasteiger partial charge in [-0.2, -0.15) is 0 Å². The summed E-state index contributed by atoms with van der Waals surface area (Å²) < 4.78 is 5.56. The third-order valence-electron chi connectivity index (χ3n) is 3.01. The maximum Gasteiger partial charge on any atom is 0.146 e. The average Bonchev–Trinajstić information content (AvgIpc) is 2.18. The van der Waals surface area contributed by atoms with Crippen LogP contribution in [0.15, 0.2) is 0 Å². The molecule has 1 atom stereocenters. The summed E-state index contributed by atoms with van der Waals surface area (Å²) in [6.45, 7) is 8.47. The van der Waals surface area contributed by atoms with E-state index in [0.29, 0.717) is 6.10 Å². The minimum atomic E-state index is 0.0811. The van der Waals surface area contributed by atoms with Gasteiger partial charge in [0.2, 0.25) is 0 Å². The van der Waals surface area contributed by atoms with E-state index in [-0.39, 0.29) is 11.8 Å². The van der Waals surface area contributed by atoms with Gasteiger partial charge in [0.05, 0.1) is 12.1 Å². The molecule has 1 saturated heterocycles. The number of carbonyl (C=O) groups excluding carboxylic acids is 1. The van der Waals surface area contributed by atoms with Gasteiger partial charge in [-0.05, 0) is 33.6 Å². The highest BCUT2D eigenvalue weighted by Crippen LogP contribution is 2.15. The summed E-state index contributed by atoms with van der Waals surface area (Å²) in [5.74, 6) is 0.264. The largest absolute Gasteiger partial charge is 0.378 e. The zero-order chi connectivity index (χ0) is 10.6. The first-order valence-corrected chi connectivity index (χ1v) is 5.51. The van der Waals surface area contributed by atoms with Crippen molar-refractivity contribution >= 4 is 5.78 Å². The number of rotatable bonds is 4. The second-order valence-corrected chi connectivity index (χ2v) is 3.98. The Morgan fingerprint density at radius 2 is 2.07 bits per heavy atom. The summed E-state index contributed by atoms with van der Waals surface area (Å²) in [5, 5.41) is 0. The van der Waals surface area contributed by atoms with Crippen LogP contribution < -0.4 is 0 Å². The zero-order valence-corrected chi connectivity index (χ0v) is 9.45. The summed E-state index contributed by atoms with van der Waals surface area (Å²) in [6, 6.07) is 0.0811. The molecule has 3 heteroatoms. The second-order valence-electron chi connectivity index (χ2n) is 3.98. The number of likely N-dealkylation sites (tertiary alicyclic amines) is 1. The number of piperidine rings is 1. The SMILES string of the molecule is CCOC1CCN(C(C)C(C)=O)CC1. The maximum atomic E-state index is 11.2. The summed E-state index contributed by atoms with van der Waals surface area (Å²) >= 11 is 0. The minimum absolute atomic E-state index is 0.0811. The monoisotopic (exact) mass is 199 g/mol. The Kier molecular flexibility index (Phi) is 4.55. The summed E-state index contributed by atoms with van der Waals surface area (Å²) in [7, 11) is 0. The Morgan fingerprint density at radius 3 is 2.50 bits per heavy atom. The lowest BCUT2D eigenvalue weighted by Crippen LogP contribution is -2.44. The number of nitrogens with zero attached hydrogens (tertiary/aromatic N) is 1. The Labute approximate surface area is 86.4 Å². The lowest BCUT2D eigenvalue weighted by Gasteiger charge is -2.34. The van der Waals surface area contributed by atoms with Crippen LogP contribution >= 0.6 is 0 Å². The molecule has 14 heavy (non-hydrogen) atoms. The van der Waals surface area contributed by atoms with E-state index in [1.807, 2.05) is 13.8 Å². The smallest absolute Gasteiger partial charge is 0.146 e. The molecule has 1 aliphatic heterocycles. The van der Waals surface area contributed by atoms with Crippen LogP contribution in [0.1, 0.15) is 33.6 Å². The van der Waals surface area contributed by atoms with E-state index >= 15 is 0 Å². The highest BCUT2D eigenvalue weighted by atomic mass is 16.5. The van der Waals surface area contributed by atoms with Crippen molar-refractivity contribution < 1.29 is 9.53 Å². The zero-order valence-electron chi connectivity index (χ0n) is 9.45. The predicted octanol–water partition coefficient (Wildman–Crippen LogP) is 1.46. The molecule has 0 bridgehead atoms. The standard InChI is InChI=1S/C11H21NO2/c1-4-14-11-5-7-12(8-6-11)9(2)10(3)13/h9,11H,4-8H2,1-3H3. The molecule has 1 rings (SSSR count). The van der Waals surface area contributed by atoms with E-state index in [1.165, 1.54) is 0 Å². The quantitative estimate of drug-likeness (QED) is 0.686. The summed E-state index contributed by atoms with van der Waals surface area (Å²) in [6.07, 6.45) is 2.53. The molecule has 0 radical (unpaired) electrons. The van der Waals surface area contributed by atoms with Crippen LogP contribution in [0.5, 0.6) is 0 Å². The van der Waals surface area contributed by atoms with Gasteiger partial charge in [-0.25, -0.2) is 0 Å². The lowest BCUT2D eigenvalue weighted by atomic mass is 10.0. The van der Waals surface area contributed by atoms with Crippen molar-refractivity contribution in [1.29, 1.82) is 0 Å². The molecular formula is C11H21NO2. The van der Waals surface area contributed by atoms with Gasteiger partial charge in [0.1, 0.15) is 5.78 Å². The molecule has 1 unspecified atom stereocenters. The third-order valence-corrected chi connectivity index (χ3v) is 3.01. The van der Waals surface area contributed by atoms with Crippen molar-refractivity contribution in [3.05, 3.63) is 0 Å². The molecule has 0 aromatic rings. The minimum Gasteiger partial charge on any atom is -0.378 e. The molecule has 3 nitrogen and oxygen atoms in total. The Morgan fingerprint density at radius 1 is 1.50 bits per heavy atom. The molecular weight excluding hydrogens is 178 g/mol. The topological polar surface area (TPSA) is 29.5 Å².